The Bertz CT molecular complexity index is 404. The van der Waals surface area contributed by atoms with E-state index in [-0.39, 0.29) is 5.91 Å². The van der Waals surface area contributed by atoms with E-state index in [0.717, 1.165) is 25.2 Å². The predicted molar refractivity (Wildman–Crippen MR) is 79.6 cm³/mol. The van der Waals surface area contributed by atoms with Crippen LogP contribution in [0.5, 0.6) is 0 Å². The van der Waals surface area contributed by atoms with Crippen molar-refractivity contribution in [1.82, 2.24) is 10.3 Å². The average Bonchev–Trinajstić information content (AvgIpc) is 2.42. The van der Waals surface area contributed by atoms with Crippen LogP contribution < -0.4 is 10.2 Å². The number of carbonyl (C=O) groups is 1. The van der Waals surface area contributed by atoms with Crippen molar-refractivity contribution >= 4 is 11.7 Å². The van der Waals surface area contributed by atoms with Gasteiger partial charge in [-0.3, -0.25) is 4.79 Å². The molecule has 0 aliphatic heterocycles. The monoisotopic (exact) mass is 263 g/mol. The van der Waals surface area contributed by atoms with Gasteiger partial charge in [0, 0.05) is 31.9 Å². The topological polar surface area (TPSA) is 45.2 Å². The molecule has 0 saturated heterocycles. The summed E-state index contributed by atoms with van der Waals surface area (Å²) in [7, 11) is 2.01. The highest BCUT2D eigenvalue weighted by Gasteiger charge is 2.09. The summed E-state index contributed by atoms with van der Waals surface area (Å²) < 4.78 is 0. The lowest BCUT2D eigenvalue weighted by atomic mass is 10.2. The van der Waals surface area contributed by atoms with E-state index in [1.54, 1.807) is 12.3 Å². The second-order valence-corrected chi connectivity index (χ2v) is 5.28. The van der Waals surface area contributed by atoms with Gasteiger partial charge in [-0.05, 0) is 24.5 Å². The van der Waals surface area contributed by atoms with Crippen LogP contribution in [0.25, 0.3) is 0 Å². The normalized spacial score (nSPS) is 10.6. The van der Waals surface area contributed by atoms with E-state index >= 15 is 0 Å². The summed E-state index contributed by atoms with van der Waals surface area (Å²) in [5.41, 5.74) is 0.675. The second kappa shape index (κ2) is 7.77. The molecule has 0 spiro atoms. The first-order valence-electron chi connectivity index (χ1n) is 7.00. The molecular formula is C15H25N3O. The molecule has 0 unspecified atom stereocenters. The Hall–Kier alpha value is -1.58. The maximum Gasteiger partial charge on any atom is 0.251 e. The summed E-state index contributed by atoms with van der Waals surface area (Å²) in [6, 6.07) is 3.61. The van der Waals surface area contributed by atoms with Crippen LogP contribution in [0, 0.1) is 5.92 Å². The number of anilines is 1. The molecule has 1 heterocycles. The Balaban J connectivity index is 2.68. The number of aromatic nitrogens is 1. The van der Waals surface area contributed by atoms with Crippen LogP contribution >= 0.6 is 0 Å². The molecule has 106 valence electrons. The van der Waals surface area contributed by atoms with Gasteiger partial charge in [-0.25, -0.2) is 4.98 Å². The minimum atomic E-state index is -0.0266. The van der Waals surface area contributed by atoms with Crippen LogP contribution in [0.2, 0.25) is 0 Å². The zero-order chi connectivity index (χ0) is 14.3. The zero-order valence-corrected chi connectivity index (χ0v) is 12.4. The number of hydrogen-bond acceptors (Lipinski definition) is 3. The number of nitrogens with one attached hydrogen (secondary N) is 1. The number of unbranched alkanes of at least 4 members (excludes halogenated alkanes) is 1. The number of amides is 1. The third kappa shape index (κ3) is 5.28. The Morgan fingerprint density at radius 1 is 1.47 bits per heavy atom. The molecule has 0 aromatic carbocycles. The first-order chi connectivity index (χ1) is 9.04. The Morgan fingerprint density at radius 3 is 2.84 bits per heavy atom. The van der Waals surface area contributed by atoms with Crippen LogP contribution in [0.1, 0.15) is 44.0 Å². The number of hydrogen-bond donors (Lipinski definition) is 1. The maximum absolute atomic E-state index is 12.0. The third-order valence-electron chi connectivity index (χ3n) is 2.92. The molecule has 1 N–H and O–H groups in total. The molecule has 4 heteroatoms. The summed E-state index contributed by atoms with van der Waals surface area (Å²) in [6.45, 7) is 7.98. The number of pyridine rings is 1. The molecule has 0 bridgehead atoms. The average molecular weight is 263 g/mol. The number of rotatable bonds is 7. The van der Waals surface area contributed by atoms with Gasteiger partial charge in [0.05, 0.1) is 0 Å². The van der Waals surface area contributed by atoms with Crippen LogP contribution in [-0.4, -0.2) is 31.0 Å². The molecule has 4 nitrogen and oxygen atoms in total. The standard InChI is InChI=1S/C15H25N3O/c1-5-6-9-18(4)14-10-13(7-8-16-14)15(19)17-11-12(2)3/h7-8,10,12H,5-6,9,11H2,1-4H3,(H,17,19). The van der Waals surface area contributed by atoms with Crippen molar-refractivity contribution in [1.29, 1.82) is 0 Å². The van der Waals surface area contributed by atoms with Crippen LogP contribution in [0.15, 0.2) is 18.3 Å². The minimum Gasteiger partial charge on any atom is -0.360 e. The van der Waals surface area contributed by atoms with Crippen molar-refractivity contribution in [2.45, 2.75) is 33.6 Å². The number of nitrogens with zero attached hydrogens (tertiary/aromatic N) is 2. The van der Waals surface area contributed by atoms with Gasteiger partial charge in [0.2, 0.25) is 0 Å². The van der Waals surface area contributed by atoms with Crippen molar-refractivity contribution in [2.75, 3.05) is 25.0 Å². The van der Waals surface area contributed by atoms with E-state index in [4.69, 9.17) is 0 Å². The van der Waals surface area contributed by atoms with Gasteiger partial charge >= 0.3 is 0 Å². The molecule has 0 aliphatic carbocycles. The van der Waals surface area contributed by atoms with Gasteiger partial charge in [-0.2, -0.15) is 0 Å². The highest BCUT2D eigenvalue weighted by Crippen LogP contribution is 2.12. The molecule has 1 aromatic rings. The smallest absolute Gasteiger partial charge is 0.251 e. The Kier molecular flexibility index (Phi) is 6.33. The molecule has 19 heavy (non-hydrogen) atoms. The highest BCUT2D eigenvalue weighted by atomic mass is 16.1. The van der Waals surface area contributed by atoms with Gasteiger partial charge in [-0.1, -0.05) is 27.2 Å². The van der Waals surface area contributed by atoms with Crippen molar-refractivity contribution in [3.63, 3.8) is 0 Å². The third-order valence-corrected chi connectivity index (χ3v) is 2.92. The molecule has 0 aliphatic rings. The largest absolute Gasteiger partial charge is 0.360 e. The van der Waals surface area contributed by atoms with E-state index in [1.807, 2.05) is 13.1 Å². The number of carbonyl (C=O) groups excluding carboxylic acids is 1. The predicted octanol–water partition coefficient (Wildman–Crippen LogP) is 2.70. The van der Waals surface area contributed by atoms with Gasteiger partial charge < -0.3 is 10.2 Å². The van der Waals surface area contributed by atoms with E-state index in [0.29, 0.717) is 18.0 Å². The lowest BCUT2D eigenvalue weighted by molar-refractivity contribution is 0.0949. The molecule has 0 fully saturated rings. The summed E-state index contributed by atoms with van der Waals surface area (Å²) in [5, 5.41) is 2.92. The molecule has 0 atom stereocenters. The summed E-state index contributed by atoms with van der Waals surface area (Å²) in [6.07, 6.45) is 3.98. The van der Waals surface area contributed by atoms with Gasteiger partial charge in [0.1, 0.15) is 5.82 Å². The van der Waals surface area contributed by atoms with Crippen LogP contribution in [0.3, 0.4) is 0 Å². The van der Waals surface area contributed by atoms with E-state index in [2.05, 4.69) is 36.0 Å². The second-order valence-electron chi connectivity index (χ2n) is 5.28. The fraction of sp³-hybridized carbons (Fsp3) is 0.600. The van der Waals surface area contributed by atoms with Crippen LogP contribution in [0.4, 0.5) is 5.82 Å². The van der Waals surface area contributed by atoms with E-state index in [9.17, 15) is 4.79 Å². The fourth-order valence-electron chi connectivity index (χ4n) is 1.68. The SMILES string of the molecule is CCCCN(C)c1cc(C(=O)NCC(C)C)ccn1. The lowest BCUT2D eigenvalue weighted by Crippen LogP contribution is -2.28. The van der Waals surface area contributed by atoms with Crippen molar-refractivity contribution < 1.29 is 4.79 Å². The fourth-order valence-corrected chi connectivity index (χ4v) is 1.68. The molecule has 1 amide bonds. The first kappa shape index (κ1) is 15.5. The molecule has 1 rings (SSSR count). The molecule has 1 aromatic heterocycles. The Labute approximate surface area is 116 Å². The van der Waals surface area contributed by atoms with Crippen LogP contribution in [-0.2, 0) is 0 Å². The molecular weight excluding hydrogens is 238 g/mol. The summed E-state index contributed by atoms with van der Waals surface area (Å²) >= 11 is 0. The minimum absolute atomic E-state index is 0.0266. The summed E-state index contributed by atoms with van der Waals surface area (Å²) in [5.74, 6) is 1.28. The molecule has 0 saturated carbocycles. The maximum atomic E-state index is 12.0. The Morgan fingerprint density at radius 2 is 2.21 bits per heavy atom. The van der Waals surface area contributed by atoms with Crippen molar-refractivity contribution in [2.24, 2.45) is 5.92 Å². The zero-order valence-electron chi connectivity index (χ0n) is 12.4. The highest BCUT2D eigenvalue weighted by molar-refractivity contribution is 5.94. The summed E-state index contributed by atoms with van der Waals surface area (Å²) in [4.78, 5) is 18.4. The molecule has 0 radical (unpaired) electrons. The van der Waals surface area contributed by atoms with Gasteiger partial charge in [0.25, 0.3) is 5.91 Å². The van der Waals surface area contributed by atoms with Gasteiger partial charge in [0.15, 0.2) is 0 Å². The van der Waals surface area contributed by atoms with E-state index in [1.165, 1.54) is 0 Å². The lowest BCUT2D eigenvalue weighted by Gasteiger charge is -2.18. The first-order valence-corrected chi connectivity index (χ1v) is 7.00. The van der Waals surface area contributed by atoms with Gasteiger partial charge in [-0.15, -0.1) is 0 Å². The van der Waals surface area contributed by atoms with Crippen molar-refractivity contribution in [3.05, 3.63) is 23.9 Å². The van der Waals surface area contributed by atoms with E-state index < -0.39 is 0 Å². The quantitative estimate of drug-likeness (QED) is 0.822. The van der Waals surface area contributed by atoms with Crippen molar-refractivity contribution in [3.8, 4) is 0 Å².